The molecule has 0 N–H and O–H groups in total. The van der Waals surface area contributed by atoms with E-state index in [0.29, 0.717) is 0 Å². The molecular weight excluding hydrogens is 294 g/mol. The van der Waals surface area contributed by atoms with E-state index in [4.69, 9.17) is 4.98 Å². The Bertz CT molecular complexity index is 664. The van der Waals surface area contributed by atoms with Crippen LogP contribution in [0.1, 0.15) is 16.3 Å². The molecule has 6 heteroatoms. The van der Waals surface area contributed by atoms with Gasteiger partial charge in [-0.15, -0.1) is 11.3 Å². The Hall–Kier alpha value is -1.69. The number of rotatable bonds is 2. The summed E-state index contributed by atoms with van der Waals surface area (Å²) in [7, 11) is 0. The highest BCUT2D eigenvalue weighted by Gasteiger charge is 2.41. The maximum absolute atomic E-state index is 4.72. The topological polar surface area (TPSA) is 45.2 Å². The molecule has 5 nitrogen and oxygen atoms in total. The van der Waals surface area contributed by atoms with Gasteiger partial charge in [0.1, 0.15) is 12.1 Å². The van der Waals surface area contributed by atoms with Crippen LogP contribution in [0.3, 0.4) is 0 Å². The molecule has 0 aliphatic carbocycles. The fourth-order valence-corrected chi connectivity index (χ4v) is 4.47. The quantitative estimate of drug-likeness (QED) is 0.852. The molecule has 2 aromatic heterocycles. The number of aryl methyl sites for hydroxylation is 3. The third-order valence-electron chi connectivity index (χ3n) is 4.89. The third-order valence-corrected chi connectivity index (χ3v) is 6.02. The van der Waals surface area contributed by atoms with E-state index in [0.717, 1.165) is 49.5 Å². The van der Waals surface area contributed by atoms with Crippen molar-refractivity contribution >= 4 is 22.3 Å². The van der Waals surface area contributed by atoms with Crippen LogP contribution < -0.4 is 9.80 Å². The van der Waals surface area contributed by atoms with Gasteiger partial charge in [0.05, 0.1) is 5.69 Å². The van der Waals surface area contributed by atoms with Gasteiger partial charge in [-0.25, -0.2) is 15.0 Å². The van der Waals surface area contributed by atoms with Crippen LogP contribution in [0.15, 0.2) is 12.4 Å². The second-order valence-electron chi connectivity index (χ2n) is 6.49. The molecule has 22 heavy (non-hydrogen) atoms. The van der Waals surface area contributed by atoms with Crippen molar-refractivity contribution in [3.8, 4) is 0 Å². The Morgan fingerprint density at radius 2 is 1.68 bits per heavy atom. The smallest absolute Gasteiger partial charge is 0.185 e. The highest BCUT2D eigenvalue weighted by Crippen LogP contribution is 2.37. The van der Waals surface area contributed by atoms with Gasteiger partial charge in [-0.05, 0) is 20.8 Å². The fourth-order valence-electron chi connectivity index (χ4n) is 3.54. The third kappa shape index (κ3) is 2.35. The number of fused-ring (bicyclic) bond motifs is 1. The Labute approximate surface area is 135 Å². The Morgan fingerprint density at radius 3 is 2.27 bits per heavy atom. The monoisotopic (exact) mass is 315 g/mol. The number of hydrogen-bond acceptors (Lipinski definition) is 6. The molecule has 2 aromatic rings. The normalized spacial score (nSPS) is 24.1. The van der Waals surface area contributed by atoms with Crippen molar-refractivity contribution in [3.63, 3.8) is 0 Å². The summed E-state index contributed by atoms with van der Waals surface area (Å²) in [5, 5.41) is 1.20. The molecule has 2 fully saturated rings. The molecule has 4 heterocycles. The Kier molecular flexibility index (Phi) is 3.29. The molecule has 116 valence electrons. The number of nitrogens with zero attached hydrogens (tertiary/aromatic N) is 5. The minimum absolute atomic E-state index is 0.722. The summed E-state index contributed by atoms with van der Waals surface area (Å²) in [6.45, 7) is 10.7. The van der Waals surface area contributed by atoms with Gasteiger partial charge >= 0.3 is 0 Å². The zero-order valence-electron chi connectivity index (χ0n) is 13.3. The molecule has 2 unspecified atom stereocenters. The lowest BCUT2D eigenvalue weighted by atomic mass is 10.0. The highest BCUT2D eigenvalue weighted by molar-refractivity contribution is 7.15. The summed E-state index contributed by atoms with van der Waals surface area (Å²) in [4.78, 5) is 19.6. The van der Waals surface area contributed by atoms with Crippen LogP contribution >= 0.6 is 11.3 Å². The van der Waals surface area contributed by atoms with Crippen LogP contribution in [0.2, 0.25) is 0 Å². The van der Waals surface area contributed by atoms with E-state index in [-0.39, 0.29) is 0 Å². The molecule has 2 atom stereocenters. The van der Waals surface area contributed by atoms with Crippen molar-refractivity contribution in [2.24, 2.45) is 11.8 Å². The van der Waals surface area contributed by atoms with Crippen molar-refractivity contribution < 1.29 is 0 Å². The summed E-state index contributed by atoms with van der Waals surface area (Å²) in [5.74, 6) is 2.52. The highest BCUT2D eigenvalue weighted by atomic mass is 32.1. The van der Waals surface area contributed by atoms with Crippen LogP contribution in [0.5, 0.6) is 0 Å². The molecule has 2 aliphatic rings. The first-order valence-corrected chi connectivity index (χ1v) is 8.64. The minimum atomic E-state index is 0.722. The van der Waals surface area contributed by atoms with Crippen LogP contribution in [0.4, 0.5) is 10.9 Å². The van der Waals surface area contributed by atoms with Gasteiger partial charge in [-0.2, -0.15) is 0 Å². The first-order valence-electron chi connectivity index (χ1n) is 7.82. The zero-order valence-corrected chi connectivity index (χ0v) is 14.1. The number of aromatic nitrogens is 3. The van der Waals surface area contributed by atoms with Gasteiger partial charge in [-0.1, -0.05) is 0 Å². The summed E-state index contributed by atoms with van der Waals surface area (Å²) < 4.78 is 0. The average molecular weight is 315 g/mol. The summed E-state index contributed by atoms with van der Waals surface area (Å²) in [6.07, 6.45) is 1.67. The molecule has 2 saturated heterocycles. The second kappa shape index (κ2) is 5.19. The van der Waals surface area contributed by atoms with Crippen molar-refractivity contribution in [3.05, 3.63) is 28.7 Å². The van der Waals surface area contributed by atoms with Gasteiger partial charge in [0.25, 0.3) is 0 Å². The molecule has 0 spiro atoms. The molecular formula is C16H21N5S. The number of anilines is 2. The van der Waals surface area contributed by atoms with Crippen LogP contribution in [0.25, 0.3) is 0 Å². The predicted octanol–water partition coefficient (Wildman–Crippen LogP) is 2.43. The van der Waals surface area contributed by atoms with E-state index in [1.54, 1.807) is 6.33 Å². The molecule has 4 rings (SSSR count). The minimum Gasteiger partial charge on any atom is -0.356 e. The largest absolute Gasteiger partial charge is 0.356 e. The average Bonchev–Trinajstić information content (AvgIpc) is 3.12. The molecule has 0 bridgehead atoms. The second-order valence-corrected chi connectivity index (χ2v) is 7.67. The van der Waals surface area contributed by atoms with E-state index < -0.39 is 0 Å². The first kappa shape index (κ1) is 13.9. The molecule has 2 aliphatic heterocycles. The Morgan fingerprint density at radius 1 is 1.00 bits per heavy atom. The van der Waals surface area contributed by atoms with E-state index in [2.05, 4.69) is 39.7 Å². The molecule has 0 radical (unpaired) electrons. The van der Waals surface area contributed by atoms with Crippen molar-refractivity contribution in [1.82, 2.24) is 15.0 Å². The van der Waals surface area contributed by atoms with Gasteiger partial charge < -0.3 is 9.80 Å². The fraction of sp³-hybridized carbons (Fsp3) is 0.562. The first-order chi connectivity index (χ1) is 10.6. The lowest BCUT2D eigenvalue weighted by Crippen LogP contribution is -2.29. The maximum Gasteiger partial charge on any atom is 0.185 e. The lowest BCUT2D eigenvalue weighted by Gasteiger charge is -2.22. The SMILES string of the molecule is Cc1cc(N2CC3CN(c4nc(C)c(C)s4)CC3C2)ncn1. The standard InChI is InChI=1S/C16H21N5S/c1-10-4-15(18-9-17-10)20-5-13-7-21(8-14(13)6-20)16-19-11(2)12(3)22-16/h4,9,13-14H,5-8H2,1-3H3. The summed E-state index contributed by atoms with van der Waals surface area (Å²) >= 11 is 1.83. The molecule has 0 aromatic carbocycles. The lowest BCUT2D eigenvalue weighted by molar-refractivity contribution is 0.533. The summed E-state index contributed by atoms with van der Waals surface area (Å²) in [6, 6.07) is 2.09. The van der Waals surface area contributed by atoms with E-state index in [9.17, 15) is 0 Å². The van der Waals surface area contributed by atoms with Crippen LogP contribution in [-0.4, -0.2) is 41.1 Å². The summed E-state index contributed by atoms with van der Waals surface area (Å²) in [5.41, 5.74) is 2.22. The van der Waals surface area contributed by atoms with E-state index >= 15 is 0 Å². The zero-order chi connectivity index (χ0) is 15.3. The van der Waals surface area contributed by atoms with Crippen molar-refractivity contribution in [1.29, 1.82) is 0 Å². The number of thiazole rings is 1. The maximum atomic E-state index is 4.72. The molecule has 0 saturated carbocycles. The predicted molar refractivity (Wildman–Crippen MR) is 89.8 cm³/mol. The number of hydrogen-bond donors (Lipinski definition) is 0. The van der Waals surface area contributed by atoms with E-state index in [1.165, 1.54) is 15.7 Å². The van der Waals surface area contributed by atoms with E-state index in [1.807, 2.05) is 18.3 Å². The Balaban J connectivity index is 1.46. The van der Waals surface area contributed by atoms with Gasteiger partial charge in [-0.3, -0.25) is 0 Å². The van der Waals surface area contributed by atoms with Gasteiger partial charge in [0, 0.05) is 54.7 Å². The van der Waals surface area contributed by atoms with Crippen molar-refractivity contribution in [2.45, 2.75) is 20.8 Å². The van der Waals surface area contributed by atoms with Gasteiger partial charge in [0.15, 0.2) is 5.13 Å². The van der Waals surface area contributed by atoms with Crippen LogP contribution in [0, 0.1) is 32.6 Å². The van der Waals surface area contributed by atoms with Crippen molar-refractivity contribution in [2.75, 3.05) is 36.0 Å². The van der Waals surface area contributed by atoms with Crippen LogP contribution in [-0.2, 0) is 0 Å². The molecule has 0 amide bonds. The van der Waals surface area contributed by atoms with Gasteiger partial charge in [0.2, 0.25) is 0 Å².